The first-order valence-corrected chi connectivity index (χ1v) is 6.83. The predicted octanol–water partition coefficient (Wildman–Crippen LogP) is 1.33. The van der Waals surface area contributed by atoms with Crippen molar-refractivity contribution in [2.45, 2.75) is 19.3 Å². The summed E-state index contributed by atoms with van der Waals surface area (Å²) in [4.78, 5) is 27.1. The molecule has 7 nitrogen and oxygen atoms in total. The van der Waals surface area contributed by atoms with Crippen LogP contribution in [0.4, 0.5) is 0 Å². The Morgan fingerprint density at radius 3 is 2.95 bits per heavy atom. The van der Waals surface area contributed by atoms with E-state index in [4.69, 9.17) is 14.4 Å². The highest BCUT2D eigenvalue weighted by Crippen LogP contribution is 2.15. The summed E-state index contributed by atoms with van der Waals surface area (Å²) in [6.07, 6.45) is 0.610. The predicted molar refractivity (Wildman–Crippen MR) is 76.5 cm³/mol. The van der Waals surface area contributed by atoms with Crippen LogP contribution in [-0.2, 0) is 20.7 Å². The zero-order chi connectivity index (χ0) is 15.8. The second kappa shape index (κ2) is 7.78. The van der Waals surface area contributed by atoms with Gasteiger partial charge < -0.3 is 14.5 Å². The minimum atomic E-state index is -0.502. The molecule has 0 atom stereocenters. The SMILES string of the molecule is N#CCCNC(=O)COC(=O)CCc1nc2ccccc2o1. The summed E-state index contributed by atoms with van der Waals surface area (Å²) in [5, 5.41) is 10.8. The van der Waals surface area contributed by atoms with Crippen LogP contribution in [0.2, 0.25) is 0 Å². The van der Waals surface area contributed by atoms with Crippen LogP contribution in [-0.4, -0.2) is 30.0 Å². The van der Waals surface area contributed by atoms with E-state index in [-0.39, 0.29) is 26.0 Å². The first-order valence-electron chi connectivity index (χ1n) is 6.83. The summed E-state index contributed by atoms with van der Waals surface area (Å²) < 4.78 is 10.3. The molecule has 0 fully saturated rings. The van der Waals surface area contributed by atoms with Gasteiger partial charge >= 0.3 is 5.97 Å². The summed E-state index contributed by atoms with van der Waals surface area (Å²) in [6, 6.07) is 9.22. The molecule has 1 heterocycles. The summed E-state index contributed by atoms with van der Waals surface area (Å²) in [5.74, 6) is -0.472. The Kier molecular flexibility index (Phi) is 5.49. The Hall–Kier alpha value is -2.88. The van der Waals surface area contributed by atoms with E-state index in [0.717, 1.165) is 5.52 Å². The normalized spacial score (nSPS) is 10.1. The van der Waals surface area contributed by atoms with Gasteiger partial charge in [0.15, 0.2) is 18.1 Å². The average molecular weight is 301 g/mol. The van der Waals surface area contributed by atoms with Crippen molar-refractivity contribution in [3.63, 3.8) is 0 Å². The molecule has 1 aromatic carbocycles. The van der Waals surface area contributed by atoms with Crippen LogP contribution in [0.25, 0.3) is 11.1 Å². The number of fused-ring (bicyclic) bond motifs is 1. The summed E-state index contributed by atoms with van der Waals surface area (Å²) in [7, 11) is 0. The quantitative estimate of drug-likeness (QED) is 0.611. The lowest BCUT2D eigenvalue weighted by atomic mass is 10.3. The van der Waals surface area contributed by atoms with Gasteiger partial charge in [-0.15, -0.1) is 0 Å². The van der Waals surface area contributed by atoms with E-state index < -0.39 is 11.9 Å². The van der Waals surface area contributed by atoms with Gasteiger partial charge in [-0.1, -0.05) is 12.1 Å². The molecule has 22 heavy (non-hydrogen) atoms. The van der Waals surface area contributed by atoms with Crippen LogP contribution in [0.3, 0.4) is 0 Å². The van der Waals surface area contributed by atoms with Crippen molar-refractivity contribution in [3.05, 3.63) is 30.2 Å². The van der Waals surface area contributed by atoms with Gasteiger partial charge in [-0.05, 0) is 12.1 Å². The molecule has 1 amide bonds. The number of nitrogens with zero attached hydrogens (tertiary/aromatic N) is 2. The Morgan fingerprint density at radius 1 is 1.36 bits per heavy atom. The second-order valence-electron chi connectivity index (χ2n) is 4.49. The zero-order valence-electron chi connectivity index (χ0n) is 11.9. The van der Waals surface area contributed by atoms with E-state index in [2.05, 4.69) is 10.3 Å². The highest BCUT2D eigenvalue weighted by Gasteiger charge is 2.10. The third-order valence-electron chi connectivity index (χ3n) is 2.80. The Labute approximate surface area is 126 Å². The molecule has 2 aromatic rings. The van der Waals surface area contributed by atoms with Crippen LogP contribution in [0.15, 0.2) is 28.7 Å². The molecule has 0 bridgehead atoms. The van der Waals surface area contributed by atoms with Crippen LogP contribution < -0.4 is 5.32 Å². The van der Waals surface area contributed by atoms with Crippen molar-refractivity contribution in [2.75, 3.05) is 13.2 Å². The molecular weight excluding hydrogens is 286 g/mol. The van der Waals surface area contributed by atoms with Crippen LogP contribution >= 0.6 is 0 Å². The monoisotopic (exact) mass is 301 g/mol. The lowest BCUT2D eigenvalue weighted by Crippen LogP contribution is -2.29. The maximum Gasteiger partial charge on any atom is 0.306 e. The van der Waals surface area contributed by atoms with Gasteiger partial charge in [0.05, 0.1) is 18.9 Å². The number of para-hydroxylation sites is 2. The maximum absolute atomic E-state index is 11.5. The van der Waals surface area contributed by atoms with Crippen LogP contribution in [0.1, 0.15) is 18.7 Å². The Morgan fingerprint density at radius 2 is 2.18 bits per heavy atom. The first kappa shape index (κ1) is 15.5. The zero-order valence-corrected chi connectivity index (χ0v) is 11.9. The van der Waals surface area contributed by atoms with E-state index in [1.807, 2.05) is 24.3 Å². The van der Waals surface area contributed by atoms with Crippen LogP contribution in [0, 0.1) is 11.3 Å². The van der Waals surface area contributed by atoms with Crippen molar-refractivity contribution in [1.82, 2.24) is 10.3 Å². The second-order valence-corrected chi connectivity index (χ2v) is 4.49. The van der Waals surface area contributed by atoms with E-state index in [0.29, 0.717) is 17.9 Å². The van der Waals surface area contributed by atoms with Crippen molar-refractivity contribution in [2.24, 2.45) is 0 Å². The Bertz CT molecular complexity index is 669. The molecule has 7 heteroatoms. The highest BCUT2D eigenvalue weighted by molar-refractivity contribution is 5.80. The highest BCUT2D eigenvalue weighted by atomic mass is 16.5. The van der Waals surface area contributed by atoms with E-state index in [9.17, 15) is 9.59 Å². The molecule has 0 aliphatic rings. The van der Waals surface area contributed by atoms with E-state index in [1.54, 1.807) is 6.07 Å². The van der Waals surface area contributed by atoms with Gasteiger partial charge in [0.2, 0.25) is 0 Å². The number of ether oxygens (including phenoxy) is 1. The number of hydrogen-bond donors (Lipinski definition) is 1. The van der Waals surface area contributed by atoms with Gasteiger partial charge in [0, 0.05) is 13.0 Å². The molecule has 0 unspecified atom stereocenters. The molecule has 0 aliphatic heterocycles. The van der Waals surface area contributed by atoms with Gasteiger partial charge in [0.1, 0.15) is 5.52 Å². The number of nitrogens with one attached hydrogen (secondary N) is 1. The molecule has 1 aromatic heterocycles. The fourth-order valence-electron chi connectivity index (χ4n) is 1.76. The number of oxazole rings is 1. The minimum absolute atomic E-state index is 0.0816. The maximum atomic E-state index is 11.5. The molecule has 1 N–H and O–H groups in total. The number of nitriles is 1. The van der Waals surface area contributed by atoms with Crippen molar-refractivity contribution in [3.8, 4) is 6.07 Å². The molecule has 2 rings (SSSR count). The third-order valence-corrected chi connectivity index (χ3v) is 2.80. The molecule has 0 radical (unpaired) electrons. The van der Waals surface area contributed by atoms with Crippen LogP contribution in [0.5, 0.6) is 0 Å². The lowest BCUT2D eigenvalue weighted by Gasteiger charge is -2.04. The third kappa shape index (κ3) is 4.59. The van der Waals surface area contributed by atoms with E-state index in [1.165, 1.54) is 0 Å². The van der Waals surface area contributed by atoms with Gasteiger partial charge in [-0.3, -0.25) is 9.59 Å². The smallest absolute Gasteiger partial charge is 0.306 e. The molecule has 0 aliphatic carbocycles. The summed E-state index contributed by atoms with van der Waals surface area (Å²) in [6.45, 7) is -0.104. The van der Waals surface area contributed by atoms with Crippen molar-refractivity contribution in [1.29, 1.82) is 5.26 Å². The van der Waals surface area contributed by atoms with Gasteiger partial charge in [-0.2, -0.15) is 5.26 Å². The number of carbonyl (C=O) groups is 2. The number of hydrogen-bond acceptors (Lipinski definition) is 6. The molecule has 0 spiro atoms. The fraction of sp³-hybridized carbons (Fsp3) is 0.333. The molecule has 0 saturated heterocycles. The number of aryl methyl sites for hydroxylation is 1. The standard InChI is InChI=1S/C15H15N3O4/c16-8-3-9-17-13(19)10-21-15(20)7-6-14-18-11-4-1-2-5-12(11)22-14/h1-2,4-5H,3,6-7,9-10H2,(H,17,19). The minimum Gasteiger partial charge on any atom is -0.456 e. The van der Waals surface area contributed by atoms with Gasteiger partial charge in [0.25, 0.3) is 5.91 Å². The van der Waals surface area contributed by atoms with Gasteiger partial charge in [-0.25, -0.2) is 4.98 Å². The molecule has 114 valence electrons. The van der Waals surface area contributed by atoms with Crippen molar-refractivity contribution < 1.29 is 18.7 Å². The average Bonchev–Trinajstić information content (AvgIpc) is 2.94. The first-order chi connectivity index (χ1) is 10.7. The summed E-state index contributed by atoms with van der Waals surface area (Å²) >= 11 is 0. The van der Waals surface area contributed by atoms with Crippen molar-refractivity contribution >= 4 is 23.0 Å². The largest absolute Gasteiger partial charge is 0.456 e. The summed E-state index contributed by atoms with van der Waals surface area (Å²) in [5.41, 5.74) is 1.41. The van der Waals surface area contributed by atoms with E-state index >= 15 is 0 Å². The fourth-order valence-corrected chi connectivity index (χ4v) is 1.76. The topological polar surface area (TPSA) is 105 Å². The number of rotatable bonds is 7. The number of amides is 1. The number of aromatic nitrogens is 1. The lowest BCUT2D eigenvalue weighted by molar-refractivity contribution is -0.148. The molecular formula is C15H15N3O4. The number of carbonyl (C=O) groups excluding carboxylic acids is 2. The Balaban J connectivity index is 1.71. The number of benzene rings is 1. The molecule has 0 saturated carbocycles. The number of esters is 1.